The number of nitrogens with zero attached hydrogens (tertiary/aromatic N) is 1. The first kappa shape index (κ1) is 25.2. The van der Waals surface area contributed by atoms with Crippen molar-refractivity contribution in [1.29, 1.82) is 0 Å². The monoisotopic (exact) mass is 511 g/mol. The number of amides is 2. The summed E-state index contributed by atoms with van der Waals surface area (Å²) in [5, 5.41) is 24.0. The van der Waals surface area contributed by atoms with Gasteiger partial charge in [0.2, 0.25) is 5.91 Å². The Balaban J connectivity index is 1.53. The molecule has 5 rings (SSSR count). The summed E-state index contributed by atoms with van der Waals surface area (Å²) in [6.07, 6.45) is 2.53. The average molecular weight is 512 g/mol. The molecule has 4 N–H and O–H groups in total. The number of carbonyl (C=O) groups excluding carboxylic acids is 2. The van der Waals surface area contributed by atoms with Crippen molar-refractivity contribution in [2.75, 3.05) is 23.7 Å². The second-order valence-corrected chi connectivity index (χ2v) is 9.51. The Morgan fingerprint density at radius 2 is 1.87 bits per heavy atom. The molecule has 0 aromatic heterocycles. The second-order valence-electron chi connectivity index (χ2n) is 9.51. The molecule has 0 aliphatic carbocycles. The Bertz CT molecular complexity index is 1450. The Hall–Kier alpha value is -4.50. The van der Waals surface area contributed by atoms with E-state index in [0.29, 0.717) is 29.1 Å². The van der Waals surface area contributed by atoms with E-state index in [4.69, 9.17) is 0 Å². The largest absolute Gasteiger partial charge is 0.356 e. The zero-order valence-electron chi connectivity index (χ0n) is 21.1. The lowest BCUT2D eigenvalue weighted by Crippen LogP contribution is -2.23. The van der Waals surface area contributed by atoms with E-state index in [0.717, 1.165) is 49.2 Å². The smallest absolute Gasteiger partial charge is 0.270 e. The van der Waals surface area contributed by atoms with Gasteiger partial charge in [0.25, 0.3) is 11.6 Å². The standard InChI is InChI=1S/C29H29N5O4/c1-18(35)31-13-2-3-19-4-6-20(7-5-19)28(32-23-9-8-22-17-30-14-12-21(22)15-23)27-25-16-24(34(37)38)10-11-26(25)33-29(27)36/h4-11,15-16,30,32H,2-3,12-14,17H2,1H3,(H,31,35)(H,33,36). The van der Waals surface area contributed by atoms with Gasteiger partial charge in [-0.15, -0.1) is 0 Å². The maximum absolute atomic E-state index is 13.2. The molecule has 194 valence electrons. The van der Waals surface area contributed by atoms with Crippen molar-refractivity contribution in [2.45, 2.75) is 32.7 Å². The number of non-ortho nitro benzene ring substituents is 1. The highest BCUT2D eigenvalue weighted by molar-refractivity contribution is 6.37. The van der Waals surface area contributed by atoms with Crippen LogP contribution in [0.4, 0.5) is 17.1 Å². The van der Waals surface area contributed by atoms with E-state index in [1.54, 1.807) is 6.07 Å². The molecule has 2 amide bonds. The van der Waals surface area contributed by atoms with E-state index in [1.807, 2.05) is 30.3 Å². The lowest BCUT2D eigenvalue weighted by molar-refractivity contribution is -0.384. The molecule has 0 unspecified atom stereocenters. The summed E-state index contributed by atoms with van der Waals surface area (Å²) in [5.41, 5.74) is 7.15. The van der Waals surface area contributed by atoms with Crippen molar-refractivity contribution in [3.8, 4) is 0 Å². The normalized spacial score (nSPS) is 15.2. The van der Waals surface area contributed by atoms with E-state index in [1.165, 1.54) is 30.2 Å². The molecule has 0 atom stereocenters. The highest BCUT2D eigenvalue weighted by Gasteiger charge is 2.30. The molecule has 0 spiro atoms. The summed E-state index contributed by atoms with van der Waals surface area (Å²) in [7, 11) is 0. The van der Waals surface area contributed by atoms with E-state index < -0.39 is 4.92 Å². The van der Waals surface area contributed by atoms with Gasteiger partial charge in [-0.1, -0.05) is 30.3 Å². The van der Waals surface area contributed by atoms with Crippen LogP contribution in [0.15, 0.2) is 60.7 Å². The van der Waals surface area contributed by atoms with Crippen molar-refractivity contribution in [1.82, 2.24) is 10.6 Å². The molecule has 0 fully saturated rings. The topological polar surface area (TPSA) is 125 Å². The number of nitro benzene ring substituents is 1. The predicted octanol–water partition coefficient (Wildman–Crippen LogP) is 4.24. The summed E-state index contributed by atoms with van der Waals surface area (Å²) in [6.45, 7) is 3.85. The van der Waals surface area contributed by atoms with Crippen LogP contribution in [0.25, 0.3) is 11.3 Å². The summed E-state index contributed by atoms with van der Waals surface area (Å²) in [6, 6.07) is 18.5. The van der Waals surface area contributed by atoms with Crippen molar-refractivity contribution >= 4 is 40.1 Å². The SMILES string of the molecule is CC(=O)NCCCc1ccc(C(Nc2ccc3c(c2)CCNC3)=C2C(=O)Nc3ccc([N+](=O)[O-])cc32)cc1. The first-order chi connectivity index (χ1) is 18.4. The first-order valence-electron chi connectivity index (χ1n) is 12.7. The fraction of sp³-hybridized carbons (Fsp3) is 0.241. The molecule has 0 saturated carbocycles. The first-order valence-corrected chi connectivity index (χ1v) is 12.7. The van der Waals surface area contributed by atoms with Gasteiger partial charge in [0.15, 0.2) is 0 Å². The van der Waals surface area contributed by atoms with Gasteiger partial charge in [0.05, 0.1) is 16.2 Å². The van der Waals surface area contributed by atoms with Gasteiger partial charge in [-0.05, 0) is 66.3 Å². The van der Waals surface area contributed by atoms with Crippen LogP contribution in [0, 0.1) is 10.1 Å². The molecule has 2 aliphatic rings. The minimum absolute atomic E-state index is 0.0449. The molecule has 2 heterocycles. The molecule has 0 bridgehead atoms. The third-order valence-electron chi connectivity index (χ3n) is 6.83. The second kappa shape index (κ2) is 10.9. The number of nitrogens with one attached hydrogen (secondary N) is 4. The molecule has 38 heavy (non-hydrogen) atoms. The molecule has 0 saturated heterocycles. The quantitative estimate of drug-likeness (QED) is 0.155. The number of hydrogen-bond donors (Lipinski definition) is 4. The van der Waals surface area contributed by atoms with Crippen LogP contribution in [0.5, 0.6) is 0 Å². The number of carbonyl (C=O) groups is 2. The number of fused-ring (bicyclic) bond motifs is 2. The fourth-order valence-electron chi connectivity index (χ4n) is 4.89. The van der Waals surface area contributed by atoms with Crippen molar-refractivity contribution in [3.05, 3.63) is 98.6 Å². The third-order valence-corrected chi connectivity index (χ3v) is 6.83. The van der Waals surface area contributed by atoms with Crippen LogP contribution in [0.3, 0.4) is 0 Å². The lowest BCUT2D eigenvalue weighted by atomic mass is 9.97. The Morgan fingerprint density at radius 3 is 2.63 bits per heavy atom. The molecule has 3 aromatic carbocycles. The Kier molecular flexibility index (Phi) is 7.19. The fourth-order valence-corrected chi connectivity index (χ4v) is 4.89. The number of nitro groups is 1. The minimum Gasteiger partial charge on any atom is -0.356 e. The Labute approximate surface area is 220 Å². The van der Waals surface area contributed by atoms with E-state index >= 15 is 0 Å². The number of anilines is 2. The molecule has 9 heteroatoms. The van der Waals surface area contributed by atoms with Crippen LogP contribution < -0.4 is 21.3 Å². The number of benzene rings is 3. The highest BCUT2D eigenvalue weighted by Crippen LogP contribution is 2.39. The highest BCUT2D eigenvalue weighted by atomic mass is 16.6. The van der Waals surface area contributed by atoms with Crippen molar-refractivity contribution in [2.24, 2.45) is 0 Å². The van der Waals surface area contributed by atoms with Crippen LogP contribution >= 0.6 is 0 Å². The van der Waals surface area contributed by atoms with Gasteiger partial charge in [-0.3, -0.25) is 19.7 Å². The minimum atomic E-state index is -0.457. The molecular weight excluding hydrogens is 482 g/mol. The molecule has 2 aliphatic heterocycles. The van der Waals surface area contributed by atoms with E-state index in [2.05, 4.69) is 33.4 Å². The summed E-state index contributed by atoms with van der Waals surface area (Å²) < 4.78 is 0. The van der Waals surface area contributed by atoms with Gasteiger partial charge in [0.1, 0.15) is 0 Å². The van der Waals surface area contributed by atoms with Crippen LogP contribution in [-0.4, -0.2) is 29.8 Å². The predicted molar refractivity (Wildman–Crippen MR) is 147 cm³/mol. The molecule has 3 aromatic rings. The summed E-state index contributed by atoms with van der Waals surface area (Å²) >= 11 is 0. The maximum atomic E-state index is 13.2. The summed E-state index contributed by atoms with van der Waals surface area (Å²) in [4.78, 5) is 35.4. The average Bonchev–Trinajstić information content (AvgIpc) is 3.24. The number of aryl methyl sites for hydroxylation is 1. The number of hydrogen-bond acceptors (Lipinski definition) is 6. The number of rotatable bonds is 8. The zero-order valence-corrected chi connectivity index (χ0v) is 21.1. The van der Waals surface area contributed by atoms with Crippen LogP contribution in [0.2, 0.25) is 0 Å². The molecule has 9 nitrogen and oxygen atoms in total. The zero-order chi connectivity index (χ0) is 26.6. The van der Waals surface area contributed by atoms with Crippen LogP contribution in [0.1, 0.15) is 41.2 Å². The van der Waals surface area contributed by atoms with Crippen molar-refractivity contribution in [3.63, 3.8) is 0 Å². The molecule has 0 radical (unpaired) electrons. The third kappa shape index (κ3) is 5.42. The summed E-state index contributed by atoms with van der Waals surface area (Å²) in [5.74, 6) is -0.360. The van der Waals surface area contributed by atoms with Crippen molar-refractivity contribution < 1.29 is 14.5 Å². The van der Waals surface area contributed by atoms with Crippen LogP contribution in [-0.2, 0) is 29.0 Å². The van der Waals surface area contributed by atoms with Gasteiger partial charge in [-0.2, -0.15) is 0 Å². The Morgan fingerprint density at radius 1 is 1.05 bits per heavy atom. The van der Waals surface area contributed by atoms with E-state index in [9.17, 15) is 19.7 Å². The van der Waals surface area contributed by atoms with E-state index in [-0.39, 0.29) is 17.5 Å². The van der Waals surface area contributed by atoms with Gasteiger partial charge in [-0.25, -0.2) is 0 Å². The van der Waals surface area contributed by atoms with Gasteiger partial charge >= 0.3 is 0 Å². The lowest BCUT2D eigenvalue weighted by Gasteiger charge is -2.20. The van der Waals surface area contributed by atoms with Gasteiger partial charge < -0.3 is 21.3 Å². The maximum Gasteiger partial charge on any atom is 0.270 e. The van der Waals surface area contributed by atoms with Gasteiger partial charge in [0, 0.05) is 49.1 Å². The molecular formula is C29H29N5O4.